The fraction of sp³-hybridized carbons (Fsp3) is 0.636. The first-order chi connectivity index (χ1) is 9.08. The van der Waals surface area contributed by atoms with Crippen molar-refractivity contribution in [1.82, 2.24) is 20.1 Å². The van der Waals surface area contributed by atoms with E-state index in [1.807, 2.05) is 18.4 Å². The van der Waals surface area contributed by atoms with Gasteiger partial charge in [0, 0.05) is 25.9 Å². The molecule has 1 aromatic rings. The van der Waals surface area contributed by atoms with Crippen molar-refractivity contribution in [2.45, 2.75) is 38.4 Å². The Kier molecular flexibility index (Phi) is 6.34. The predicted molar refractivity (Wildman–Crippen MR) is 71.1 cm³/mol. The highest BCUT2D eigenvalue weighted by Crippen LogP contribution is 2.17. The number of carbonyl (C=O) groups is 2. The second-order valence-electron chi connectivity index (χ2n) is 3.79. The van der Waals surface area contributed by atoms with Gasteiger partial charge in [-0.1, -0.05) is 18.7 Å². The van der Waals surface area contributed by atoms with Gasteiger partial charge in [0.15, 0.2) is 5.16 Å². The van der Waals surface area contributed by atoms with Gasteiger partial charge >= 0.3 is 5.97 Å². The number of rotatable bonds is 8. The zero-order valence-electron chi connectivity index (χ0n) is 11.0. The first kappa shape index (κ1) is 15.5. The fourth-order valence-electron chi connectivity index (χ4n) is 1.54. The van der Waals surface area contributed by atoms with E-state index >= 15 is 0 Å². The van der Waals surface area contributed by atoms with Gasteiger partial charge in [-0.05, 0) is 6.92 Å². The molecule has 106 valence electrons. The topological polar surface area (TPSA) is 97.1 Å². The normalized spacial score (nSPS) is 10.4. The molecule has 0 saturated carbocycles. The number of carboxylic acids is 1. The molecule has 0 unspecified atom stereocenters. The number of aryl methyl sites for hydroxylation is 1. The molecular formula is C11H18N4O3S. The largest absolute Gasteiger partial charge is 0.481 e. The average molecular weight is 286 g/mol. The quantitative estimate of drug-likeness (QED) is 0.677. The van der Waals surface area contributed by atoms with Gasteiger partial charge in [0.25, 0.3) is 0 Å². The molecule has 8 heteroatoms. The first-order valence-corrected chi connectivity index (χ1v) is 7.10. The van der Waals surface area contributed by atoms with Crippen molar-refractivity contribution >= 4 is 23.6 Å². The molecule has 7 nitrogen and oxygen atoms in total. The Morgan fingerprint density at radius 1 is 1.37 bits per heavy atom. The second kappa shape index (κ2) is 7.78. The predicted octanol–water partition coefficient (Wildman–Crippen LogP) is 0.543. The number of carbonyl (C=O) groups excluding carboxylic acids is 1. The maximum atomic E-state index is 11.4. The van der Waals surface area contributed by atoms with Crippen LogP contribution < -0.4 is 5.32 Å². The molecule has 0 aliphatic rings. The summed E-state index contributed by atoms with van der Waals surface area (Å²) in [6.45, 7) is 4.87. The molecule has 0 radical (unpaired) electrons. The summed E-state index contributed by atoms with van der Waals surface area (Å²) in [6, 6.07) is 0. The van der Waals surface area contributed by atoms with Crippen LogP contribution in [-0.2, 0) is 22.6 Å². The van der Waals surface area contributed by atoms with E-state index in [1.54, 1.807) is 0 Å². The van der Waals surface area contributed by atoms with Crippen molar-refractivity contribution in [3.05, 3.63) is 5.82 Å². The van der Waals surface area contributed by atoms with Crippen LogP contribution in [0.15, 0.2) is 5.16 Å². The molecule has 0 bridgehead atoms. The third-order valence-electron chi connectivity index (χ3n) is 2.37. The van der Waals surface area contributed by atoms with Crippen molar-refractivity contribution in [1.29, 1.82) is 0 Å². The zero-order chi connectivity index (χ0) is 14.3. The Balaban J connectivity index is 2.69. The summed E-state index contributed by atoms with van der Waals surface area (Å²) in [5, 5.41) is 19.9. The maximum absolute atomic E-state index is 11.4. The maximum Gasteiger partial charge on any atom is 0.313 e. The number of thioether (sulfide) groups is 1. The third-order valence-corrected chi connectivity index (χ3v) is 3.32. The first-order valence-electron chi connectivity index (χ1n) is 6.11. The van der Waals surface area contributed by atoms with Gasteiger partial charge in [0.1, 0.15) is 5.82 Å². The summed E-state index contributed by atoms with van der Waals surface area (Å²) in [7, 11) is 0. The van der Waals surface area contributed by atoms with Crippen molar-refractivity contribution in [3.8, 4) is 0 Å². The van der Waals surface area contributed by atoms with Crippen LogP contribution >= 0.6 is 11.8 Å². The Morgan fingerprint density at radius 3 is 2.68 bits per heavy atom. The van der Waals surface area contributed by atoms with Crippen LogP contribution in [0.1, 0.15) is 26.1 Å². The van der Waals surface area contributed by atoms with Gasteiger partial charge in [-0.2, -0.15) is 0 Å². The number of carboxylic acid groups (broad SMARTS) is 1. The molecule has 0 aromatic carbocycles. The lowest BCUT2D eigenvalue weighted by molar-refractivity contribution is -0.134. The lowest BCUT2D eigenvalue weighted by Crippen LogP contribution is -2.24. The average Bonchev–Trinajstić information content (AvgIpc) is 2.76. The number of nitrogens with one attached hydrogen (secondary N) is 1. The summed E-state index contributed by atoms with van der Waals surface area (Å²) in [5.74, 6) is -0.242. The smallest absolute Gasteiger partial charge is 0.313 e. The summed E-state index contributed by atoms with van der Waals surface area (Å²) >= 11 is 1.11. The molecule has 0 fully saturated rings. The molecule has 1 amide bonds. The minimum Gasteiger partial charge on any atom is -0.481 e. The third kappa shape index (κ3) is 4.90. The lowest BCUT2D eigenvalue weighted by Gasteiger charge is -2.08. The molecule has 0 spiro atoms. The van der Waals surface area contributed by atoms with Crippen LogP contribution in [-0.4, -0.2) is 44.0 Å². The van der Waals surface area contributed by atoms with E-state index in [-0.39, 0.29) is 11.7 Å². The van der Waals surface area contributed by atoms with Crippen LogP contribution in [0.4, 0.5) is 0 Å². The van der Waals surface area contributed by atoms with E-state index in [2.05, 4.69) is 15.5 Å². The molecule has 0 aliphatic heterocycles. The minimum absolute atomic E-state index is 0.0348. The zero-order valence-corrected chi connectivity index (χ0v) is 11.9. The molecule has 1 heterocycles. The van der Waals surface area contributed by atoms with Crippen LogP contribution in [0.3, 0.4) is 0 Å². The molecule has 0 saturated heterocycles. The standard InChI is InChI=1S/C11H18N4O3S/c1-3-8-13-14-11(19-7-10(17)18)15(8)6-5-9(16)12-4-2/h3-7H2,1-2H3,(H,12,16)(H,17,18). The van der Waals surface area contributed by atoms with Crippen molar-refractivity contribution in [2.24, 2.45) is 0 Å². The van der Waals surface area contributed by atoms with Gasteiger partial charge in [0.05, 0.1) is 5.75 Å². The fourth-order valence-corrected chi connectivity index (χ4v) is 2.24. The molecule has 0 atom stereocenters. The molecule has 1 aromatic heterocycles. The molecule has 1 rings (SSSR count). The highest BCUT2D eigenvalue weighted by atomic mass is 32.2. The molecule has 19 heavy (non-hydrogen) atoms. The van der Waals surface area contributed by atoms with E-state index < -0.39 is 5.97 Å². The van der Waals surface area contributed by atoms with E-state index in [1.165, 1.54) is 0 Å². The van der Waals surface area contributed by atoms with Gasteiger partial charge in [0.2, 0.25) is 5.91 Å². The van der Waals surface area contributed by atoms with E-state index in [0.717, 1.165) is 17.6 Å². The monoisotopic (exact) mass is 286 g/mol. The van der Waals surface area contributed by atoms with Crippen molar-refractivity contribution in [2.75, 3.05) is 12.3 Å². The number of aromatic nitrogens is 3. The Morgan fingerprint density at radius 2 is 2.11 bits per heavy atom. The second-order valence-corrected chi connectivity index (χ2v) is 4.73. The summed E-state index contributed by atoms with van der Waals surface area (Å²) in [4.78, 5) is 22.0. The van der Waals surface area contributed by atoms with Crippen LogP contribution in [0.2, 0.25) is 0 Å². The number of amides is 1. The van der Waals surface area contributed by atoms with Gasteiger partial charge in [-0.25, -0.2) is 0 Å². The molecule has 0 aliphatic carbocycles. The Bertz CT molecular complexity index is 447. The highest BCUT2D eigenvalue weighted by Gasteiger charge is 2.13. The number of nitrogens with zero attached hydrogens (tertiary/aromatic N) is 3. The summed E-state index contributed by atoms with van der Waals surface area (Å²) in [5.41, 5.74) is 0. The van der Waals surface area contributed by atoms with Crippen LogP contribution in [0.25, 0.3) is 0 Å². The van der Waals surface area contributed by atoms with E-state index in [0.29, 0.717) is 31.1 Å². The molecular weight excluding hydrogens is 268 g/mol. The van der Waals surface area contributed by atoms with Crippen LogP contribution in [0, 0.1) is 0 Å². The number of hydrogen-bond acceptors (Lipinski definition) is 5. The van der Waals surface area contributed by atoms with E-state index in [9.17, 15) is 9.59 Å². The minimum atomic E-state index is -0.902. The number of hydrogen-bond donors (Lipinski definition) is 2. The van der Waals surface area contributed by atoms with Crippen molar-refractivity contribution in [3.63, 3.8) is 0 Å². The Labute approximate surface area is 115 Å². The van der Waals surface area contributed by atoms with Crippen LogP contribution in [0.5, 0.6) is 0 Å². The van der Waals surface area contributed by atoms with Gasteiger partial charge < -0.3 is 15.0 Å². The van der Waals surface area contributed by atoms with Crippen molar-refractivity contribution < 1.29 is 14.7 Å². The lowest BCUT2D eigenvalue weighted by atomic mass is 10.3. The summed E-state index contributed by atoms with van der Waals surface area (Å²) < 4.78 is 1.81. The van der Waals surface area contributed by atoms with Gasteiger partial charge in [-0.15, -0.1) is 10.2 Å². The van der Waals surface area contributed by atoms with Gasteiger partial charge in [-0.3, -0.25) is 9.59 Å². The highest BCUT2D eigenvalue weighted by molar-refractivity contribution is 7.99. The SMILES string of the molecule is CCNC(=O)CCn1c(CC)nnc1SCC(=O)O. The van der Waals surface area contributed by atoms with E-state index in [4.69, 9.17) is 5.11 Å². The number of aliphatic carboxylic acids is 1. The molecule has 2 N–H and O–H groups in total. The Hall–Kier alpha value is -1.57. The summed E-state index contributed by atoms with van der Waals surface area (Å²) in [6.07, 6.45) is 1.02.